The zero-order valence-electron chi connectivity index (χ0n) is 38.5. The number of benzene rings is 2. The number of halogens is 16. The molecule has 0 bridgehead atoms. The molecule has 2 amide bonds. The first-order valence-electron chi connectivity index (χ1n) is 22.5. The van der Waals surface area contributed by atoms with Crippen molar-refractivity contribution >= 4 is 46.8 Å². The molecule has 2 aromatic rings. The van der Waals surface area contributed by atoms with Crippen molar-refractivity contribution < 1.29 is 80.5 Å². The smallest absolute Gasteiger partial charge is 0.426 e. The van der Waals surface area contributed by atoms with E-state index >= 15 is 0 Å². The molecule has 4 aliphatic heterocycles. The van der Waals surface area contributed by atoms with E-state index in [0.717, 1.165) is 58.5 Å². The van der Waals surface area contributed by atoms with E-state index in [-0.39, 0.29) is 59.0 Å². The molecule has 71 heavy (non-hydrogen) atoms. The first kappa shape index (κ1) is 59.6. The number of ether oxygens (including phenoxy) is 2. The number of rotatable bonds is 11. The first-order chi connectivity index (χ1) is 33.2. The molecule has 4 saturated heterocycles. The van der Waals surface area contributed by atoms with E-state index in [0.29, 0.717) is 62.3 Å². The van der Waals surface area contributed by atoms with Crippen LogP contribution in [0.1, 0.15) is 24.5 Å². The summed E-state index contributed by atoms with van der Waals surface area (Å²) in [6.07, 6.45) is -33.9. The molecule has 4 heterocycles. The van der Waals surface area contributed by atoms with Crippen molar-refractivity contribution in [2.24, 2.45) is 0 Å². The molecule has 1 N–H and O–H groups in total. The monoisotopic (exact) mass is 1080 g/mol. The molecule has 4 aliphatic rings. The van der Waals surface area contributed by atoms with Gasteiger partial charge in [-0.2, -0.15) is 52.7 Å². The third-order valence-electron chi connectivity index (χ3n) is 11.5. The number of alkyl halides is 14. The quantitative estimate of drug-likeness (QED) is 0.220. The summed E-state index contributed by atoms with van der Waals surface area (Å²) in [5.74, 6) is 0. The Morgan fingerprint density at radius 2 is 0.873 bits per heavy atom. The maximum atomic E-state index is 12.7. The van der Waals surface area contributed by atoms with Gasteiger partial charge in [0.05, 0.1) is 6.67 Å². The zero-order chi connectivity index (χ0) is 52.7. The van der Waals surface area contributed by atoms with Crippen LogP contribution in [0, 0.1) is 0 Å². The Bertz CT molecular complexity index is 1930. The molecule has 404 valence electrons. The molecular formula is C43H56Cl2F14N8O4. The van der Waals surface area contributed by atoms with E-state index in [1.807, 2.05) is 39.0 Å². The number of carbonyl (C=O) groups excluding carboxylic acids is 2. The number of amides is 2. The van der Waals surface area contributed by atoms with E-state index in [2.05, 4.69) is 24.6 Å². The molecule has 0 aliphatic carbocycles. The minimum Gasteiger partial charge on any atom is -0.426 e. The molecule has 28 heteroatoms. The Balaban J connectivity index is 0.000000288. The largest absolute Gasteiger partial charge is 0.434 e. The van der Waals surface area contributed by atoms with Crippen LogP contribution in [0.25, 0.3) is 0 Å². The lowest BCUT2D eigenvalue weighted by Gasteiger charge is -2.38. The maximum absolute atomic E-state index is 12.7. The van der Waals surface area contributed by atoms with Crippen LogP contribution in [0.15, 0.2) is 36.4 Å². The Morgan fingerprint density at radius 3 is 1.20 bits per heavy atom. The van der Waals surface area contributed by atoms with Gasteiger partial charge in [0.15, 0.2) is 0 Å². The second-order valence-electron chi connectivity index (χ2n) is 16.7. The van der Waals surface area contributed by atoms with Crippen LogP contribution in [0.4, 0.5) is 82.4 Å². The molecule has 0 radical (unpaired) electrons. The minimum absolute atomic E-state index is 0.0438. The fourth-order valence-corrected chi connectivity index (χ4v) is 8.15. The van der Waals surface area contributed by atoms with Crippen LogP contribution in [-0.4, -0.2) is 198 Å². The number of nitrogens with zero attached hydrogens (tertiary/aromatic N) is 7. The molecule has 0 aromatic heterocycles. The van der Waals surface area contributed by atoms with Gasteiger partial charge in [-0.25, -0.2) is 14.0 Å². The van der Waals surface area contributed by atoms with Crippen LogP contribution >= 0.6 is 23.2 Å². The van der Waals surface area contributed by atoms with Gasteiger partial charge in [-0.05, 0) is 41.8 Å². The number of nitrogens with one attached hydrogen (secondary N) is 1. The van der Waals surface area contributed by atoms with Gasteiger partial charge in [-0.3, -0.25) is 19.1 Å². The van der Waals surface area contributed by atoms with Crippen molar-refractivity contribution in [1.29, 1.82) is 0 Å². The van der Waals surface area contributed by atoms with Crippen LogP contribution in [-0.2, 0) is 22.6 Å². The Hall–Kier alpha value is -3.98. The van der Waals surface area contributed by atoms with Gasteiger partial charge in [0, 0.05) is 146 Å². The van der Waals surface area contributed by atoms with Gasteiger partial charge in [0.1, 0.15) is 6.67 Å². The summed E-state index contributed by atoms with van der Waals surface area (Å²) in [7, 11) is 0. The van der Waals surface area contributed by atoms with Crippen LogP contribution in [0.5, 0.6) is 0 Å². The van der Waals surface area contributed by atoms with Gasteiger partial charge < -0.3 is 34.4 Å². The molecule has 12 nitrogen and oxygen atoms in total. The molecule has 0 saturated carbocycles. The number of hydrogen-bond acceptors (Lipinski definition) is 10. The summed E-state index contributed by atoms with van der Waals surface area (Å²) in [4.78, 5) is 35.9. The van der Waals surface area contributed by atoms with Crippen molar-refractivity contribution in [1.82, 2.24) is 29.8 Å². The molecular weight excluding hydrogens is 1030 g/mol. The standard InChI is InChI=1S/C21H26ClF7N4O2.C19H23ClF6N4O2.C3H7F/c22-16-2-1-15(17(13-16)32-9-5-30(4-3-23)6-10-32)14-31-7-11-33(12-8-31)19(34)35-18(20(24,25)26)21(27,28)29;20-14-2-1-13(15(11-14)29-5-3-27-4-6-29)12-28-7-9-30(10-8-28)17(31)32-16(18(21,22)23)19(24,25)26;1-2-3-4/h1-2,13,18H,3-12,14H2;1-2,11,16,27H,3-10,12H2;2-3H2,1H3. The second-order valence-corrected chi connectivity index (χ2v) is 17.6. The summed E-state index contributed by atoms with van der Waals surface area (Å²) in [5.41, 5.74) is 3.84. The highest BCUT2D eigenvalue weighted by molar-refractivity contribution is 6.31. The fraction of sp³-hybridized carbons (Fsp3) is 0.674. The van der Waals surface area contributed by atoms with Crippen molar-refractivity contribution in [2.45, 2.75) is 63.3 Å². The summed E-state index contributed by atoms with van der Waals surface area (Å²) < 4.78 is 183. The average Bonchev–Trinajstić information content (AvgIpc) is 3.31. The Kier molecular flexibility index (Phi) is 22.5. The van der Waals surface area contributed by atoms with Crippen LogP contribution in [0.3, 0.4) is 0 Å². The molecule has 0 atom stereocenters. The highest BCUT2D eigenvalue weighted by atomic mass is 35.5. The van der Waals surface area contributed by atoms with Crippen molar-refractivity contribution in [3.63, 3.8) is 0 Å². The fourth-order valence-electron chi connectivity index (χ4n) is 7.82. The van der Waals surface area contributed by atoms with Crippen molar-refractivity contribution in [2.75, 3.05) is 134 Å². The summed E-state index contributed by atoms with van der Waals surface area (Å²) in [5, 5.41) is 4.42. The normalized spacial score (nSPS) is 18.2. The van der Waals surface area contributed by atoms with E-state index in [4.69, 9.17) is 23.2 Å². The predicted molar refractivity (Wildman–Crippen MR) is 237 cm³/mol. The summed E-state index contributed by atoms with van der Waals surface area (Å²) in [6, 6.07) is 11.0. The topological polar surface area (TPSA) is 87.3 Å². The lowest BCUT2D eigenvalue weighted by atomic mass is 10.1. The molecule has 0 unspecified atom stereocenters. The van der Waals surface area contributed by atoms with Gasteiger partial charge in [0.25, 0.3) is 12.2 Å². The Labute approximate surface area is 411 Å². The highest BCUT2D eigenvalue weighted by Crippen LogP contribution is 2.38. The molecule has 4 fully saturated rings. The number of anilines is 2. The molecule has 2 aromatic carbocycles. The van der Waals surface area contributed by atoms with Crippen molar-refractivity contribution in [3.05, 3.63) is 57.6 Å². The molecule has 0 spiro atoms. The SMILES string of the molecule is CCCF.O=C(OC(C(F)(F)F)C(F)(F)F)N1CCN(Cc2ccc(Cl)cc2N2CCN(CCF)CC2)CC1.O=C(OC(C(F)(F)F)C(F)(F)F)N1CCN(Cc2ccc(Cl)cc2N2CCNCC2)CC1. The van der Waals surface area contributed by atoms with E-state index in [9.17, 15) is 71.1 Å². The van der Waals surface area contributed by atoms with Gasteiger partial charge in [-0.15, -0.1) is 0 Å². The Morgan fingerprint density at radius 1 is 0.535 bits per heavy atom. The number of carbonyl (C=O) groups is 2. The minimum atomic E-state index is -5.75. The lowest BCUT2D eigenvalue weighted by molar-refractivity contribution is -0.309. The van der Waals surface area contributed by atoms with Gasteiger partial charge >= 0.3 is 36.9 Å². The van der Waals surface area contributed by atoms with Crippen molar-refractivity contribution in [3.8, 4) is 0 Å². The van der Waals surface area contributed by atoms with Gasteiger partial charge in [-0.1, -0.05) is 42.3 Å². The number of hydrogen-bond donors (Lipinski definition) is 1. The third-order valence-corrected chi connectivity index (χ3v) is 12.0. The number of piperazine rings is 4. The van der Waals surface area contributed by atoms with E-state index in [1.54, 1.807) is 19.1 Å². The first-order valence-corrected chi connectivity index (χ1v) is 23.2. The predicted octanol–water partition coefficient (Wildman–Crippen LogP) is 9.04. The van der Waals surface area contributed by atoms with E-state index < -0.39 is 55.8 Å². The van der Waals surface area contributed by atoms with Gasteiger partial charge in [0.2, 0.25) is 0 Å². The van der Waals surface area contributed by atoms with Crippen LogP contribution in [0.2, 0.25) is 10.0 Å². The molecule has 6 rings (SSSR count). The highest BCUT2D eigenvalue weighted by Gasteiger charge is 2.61. The second kappa shape index (κ2) is 26.8. The van der Waals surface area contributed by atoms with Crippen LogP contribution < -0.4 is 15.1 Å². The summed E-state index contributed by atoms with van der Waals surface area (Å²) >= 11 is 12.4. The van der Waals surface area contributed by atoms with E-state index in [1.165, 1.54) is 0 Å². The average molecular weight is 1090 g/mol. The zero-order valence-corrected chi connectivity index (χ0v) is 40.0. The summed E-state index contributed by atoms with van der Waals surface area (Å²) in [6.45, 7) is 9.43. The third kappa shape index (κ3) is 18.8. The maximum Gasteiger partial charge on any atom is 0.434 e. The lowest BCUT2D eigenvalue weighted by Crippen LogP contribution is -2.52.